The fourth-order valence-corrected chi connectivity index (χ4v) is 1.73. The number of benzene rings is 1. The number of hydrogen-bond donors (Lipinski definition) is 1. The molecular formula is C15H23NO3. The van der Waals surface area contributed by atoms with E-state index in [-0.39, 0.29) is 0 Å². The van der Waals surface area contributed by atoms with E-state index in [1.807, 2.05) is 0 Å². The summed E-state index contributed by atoms with van der Waals surface area (Å²) >= 11 is 0. The van der Waals surface area contributed by atoms with E-state index < -0.39 is 6.16 Å². The molecule has 0 unspecified atom stereocenters. The minimum atomic E-state index is -0.688. The first kappa shape index (κ1) is 15.3. The normalized spacial score (nSPS) is 10.2. The largest absolute Gasteiger partial charge is 0.513 e. The standard InChI is InChI=1S/C15H23NO3/c1-2-3-4-5-6-9-12-18-15(17)19-14-11-8-7-10-13(14)16/h7-8,10-11H,2-6,9,12,16H2,1H3. The van der Waals surface area contributed by atoms with Gasteiger partial charge in [0.15, 0.2) is 5.75 Å². The summed E-state index contributed by atoms with van der Waals surface area (Å²) in [6.45, 7) is 2.59. The molecule has 0 heterocycles. The third kappa shape index (κ3) is 6.70. The van der Waals surface area contributed by atoms with Crippen LogP contribution >= 0.6 is 0 Å². The van der Waals surface area contributed by atoms with Gasteiger partial charge in [0.25, 0.3) is 0 Å². The van der Waals surface area contributed by atoms with Crippen LogP contribution in [0.1, 0.15) is 45.4 Å². The minimum Gasteiger partial charge on any atom is -0.434 e. The minimum absolute atomic E-state index is 0.343. The lowest BCUT2D eigenvalue weighted by Gasteiger charge is -2.07. The summed E-state index contributed by atoms with van der Waals surface area (Å²) in [6, 6.07) is 6.86. The fraction of sp³-hybridized carbons (Fsp3) is 0.533. The molecule has 0 saturated carbocycles. The molecule has 0 fully saturated rings. The second kappa shape index (κ2) is 9.25. The number of para-hydroxylation sites is 2. The Morgan fingerprint density at radius 3 is 2.53 bits per heavy atom. The summed E-state index contributed by atoms with van der Waals surface area (Å²) in [5.74, 6) is 0.343. The highest BCUT2D eigenvalue weighted by Crippen LogP contribution is 2.20. The molecule has 2 N–H and O–H groups in total. The van der Waals surface area contributed by atoms with Gasteiger partial charge in [-0.3, -0.25) is 0 Å². The maximum absolute atomic E-state index is 11.4. The molecule has 1 aromatic rings. The highest BCUT2D eigenvalue weighted by atomic mass is 16.7. The Kier molecular flexibility index (Phi) is 7.47. The molecule has 106 valence electrons. The van der Waals surface area contributed by atoms with E-state index in [1.54, 1.807) is 24.3 Å². The third-order valence-corrected chi connectivity index (χ3v) is 2.83. The molecule has 0 atom stereocenters. The van der Waals surface area contributed by atoms with Crippen molar-refractivity contribution in [2.45, 2.75) is 45.4 Å². The Hall–Kier alpha value is -1.71. The highest BCUT2D eigenvalue weighted by Gasteiger charge is 2.07. The second-order valence-electron chi connectivity index (χ2n) is 4.51. The van der Waals surface area contributed by atoms with Crippen molar-refractivity contribution in [1.82, 2.24) is 0 Å². The molecule has 1 rings (SSSR count). The zero-order valence-corrected chi connectivity index (χ0v) is 11.6. The summed E-state index contributed by atoms with van der Waals surface area (Å²) in [7, 11) is 0. The first-order chi connectivity index (χ1) is 9.24. The Morgan fingerprint density at radius 1 is 1.11 bits per heavy atom. The van der Waals surface area contributed by atoms with Crippen LogP contribution in [0.2, 0.25) is 0 Å². The lowest BCUT2D eigenvalue weighted by Crippen LogP contribution is -2.12. The Morgan fingerprint density at radius 2 is 1.79 bits per heavy atom. The maximum atomic E-state index is 11.4. The van der Waals surface area contributed by atoms with Gasteiger partial charge in [-0.1, -0.05) is 51.2 Å². The van der Waals surface area contributed by atoms with E-state index in [1.165, 1.54) is 25.7 Å². The van der Waals surface area contributed by atoms with Gasteiger partial charge in [0.05, 0.1) is 12.3 Å². The third-order valence-electron chi connectivity index (χ3n) is 2.83. The average molecular weight is 265 g/mol. The van der Waals surface area contributed by atoms with Crippen molar-refractivity contribution in [2.24, 2.45) is 0 Å². The van der Waals surface area contributed by atoms with Crippen molar-refractivity contribution in [3.05, 3.63) is 24.3 Å². The summed E-state index contributed by atoms with van der Waals surface area (Å²) in [6.07, 6.45) is 6.23. The lowest BCUT2D eigenvalue weighted by atomic mass is 10.1. The molecule has 4 nitrogen and oxygen atoms in total. The van der Waals surface area contributed by atoms with Crippen LogP contribution in [0.15, 0.2) is 24.3 Å². The SMILES string of the molecule is CCCCCCCCOC(=O)Oc1ccccc1N. The molecule has 1 aromatic carbocycles. The number of carbonyl (C=O) groups is 1. The average Bonchev–Trinajstić information content (AvgIpc) is 2.40. The summed E-state index contributed by atoms with van der Waals surface area (Å²) < 4.78 is 9.99. The summed E-state index contributed by atoms with van der Waals surface area (Å²) in [4.78, 5) is 11.4. The van der Waals surface area contributed by atoms with E-state index in [9.17, 15) is 4.79 Å². The van der Waals surface area contributed by atoms with Gasteiger partial charge in [0, 0.05) is 0 Å². The number of ether oxygens (including phenoxy) is 2. The number of rotatable bonds is 8. The summed E-state index contributed by atoms with van der Waals surface area (Å²) in [5.41, 5.74) is 6.09. The van der Waals surface area contributed by atoms with Crippen molar-refractivity contribution in [3.8, 4) is 5.75 Å². The number of carbonyl (C=O) groups excluding carboxylic acids is 1. The van der Waals surface area contributed by atoms with Crippen LogP contribution in [0.25, 0.3) is 0 Å². The maximum Gasteiger partial charge on any atom is 0.513 e. The predicted octanol–water partition coefficient (Wildman–Crippen LogP) is 4.14. The second-order valence-corrected chi connectivity index (χ2v) is 4.51. The molecule has 4 heteroatoms. The molecule has 19 heavy (non-hydrogen) atoms. The first-order valence-electron chi connectivity index (χ1n) is 6.93. The first-order valence-corrected chi connectivity index (χ1v) is 6.93. The molecule has 0 bridgehead atoms. The van der Waals surface area contributed by atoms with Crippen LogP contribution in [-0.2, 0) is 4.74 Å². The molecule has 0 radical (unpaired) electrons. The molecule has 0 aliphatic heterocycles. The highest BCUT2D eigenvalue weighted by molar-refractivity contribution is 5.67. The Balaban J connectivity index is 2.10. The van der Waals surface area contributed by atoms with Gasteiger partial charge in [0.1, 0.15) is 0 Å². The van der Waals surface area contributed by atoms with Gasteiger partial charge in [-0.05, 0) is 18.6 Å². The van der Waals surface area contributed by atoms with Crippen molar-refractivity contribution < 1.29 is 14.3 Å². The van der Waals surface area contributed by atoms with E-state index in [0.29, 0.717) is 18.0 Å². The van der Waals surface area contributed by atoms with E-state index >= 15 is 0 Å². The van der Waals surface area contributed by atoms with Crippen LogP contribution < -0.4 is 10.5 Å². The van der Waals surface area contributed by atoms with E-state index in [2.05, 4.69) is 6.92 Å². The topological polar surface area (TPSA) is 61.5 Å². The van der Waals surface area contributed by atoms with Gasteiger partial charge in [-0.2, -0.15) is 0 Å². The monoisotopic (exact) mass is 265 g/mol. The number of hydrogen-bond acceptors (Lipinski definition) is 4. The fourth-order valence-electron chi connectivity index (χ4n) is 1.73. The summed E-state index contributed by atoms with van der Waals surface area (Å²) in [5, 5.41) is 0. The van der Waals surface area contributed by atoms with Gasteiger partial charge in [0.2, 0.25) is 0 Å². The molecule has 0 aromatic heterocycles. The molecule has 0 saturated heterocycles. The molecule has 0 amide bonds. The number of nitrogen functional groups attached to an aromatic ring is 1. The van der Waals surface area contributed by atoms with Gasteiger partial charge < -0.3 is 15.2 Å². The number of unbranched alkanes of at least 4 members (excludes halogenated alkanes) is 5. The molecule has 0 spiro atoms. The van der Waals surface area contributed by atoms with Crippen molar-refractivity contribution in [1.29, 1.82) is 0 Å². The molecule has 0 aliphatic rings. The van der Waals surface area contributed by atoms with E-state index in [4.69, 9.17) is 15.2 Å². The smallest absolute Gasteiger partial charge is 0.434 e. The van der Waals surface area contributed by atoms with Crippen LogP contribution in [0.5, 0.6) is 5.75 Å². The number of nitrogens with two attached hydrogens (primary N) is 1. The zero-order chi connectivity index (χ0) is 13.9. The van der Waals surface area contributed by atoms with Crippen molar-refractivity contribution >= 4 is 11.8 Å². The van der Waals surface area contributed by atoms with Crippen molar-refractivity contribution in [3.63, 3.8) is 0 Å². The van der Waals surface area contributed by atoms with Gasteiger partial charge in [-0.15, -0.1) is 0 Å². The lowest BCUT2D eigenvalue weighted by molar-refractivity contribution is 0.0975. The van der Waals surface area contributed by atoms with Crippen LogP contribution in [-0.4, -0.2) is 12.8 Å². The number of anilines is 1. The quantitative estimate of drug-likeness (QED) is 0.332. The van der Waals surface area contributed by atoms with Crippen LogP contribution in [0, 0.1) is 0 Å². The Labute approximate surface area is 114 Å². The zero-order valence-electron chi connectivity index (χ0n) is 11.6. The van der Waals surface area contributed by atoms with Crippen molar-refractivity contribution in [2.75, 3.05) is 12.3 Å². The van der Waals surface area contributed by atoms with E-state index in [0.717, 1.165) is 12.8 Å². The molecule has 0 aliphatic carbocycles. The van der Waals surface area contributed by atoms with Crippen LogP contribution in [0.4, 0.5) is 10.5 Å². The van der Waals surface area contributed by atoms with Gasteiger partial charge >= 0.3 is 6.16 Å². The van der Waals surface area contributed by atoms with Gasteiger partial charge in [-0.25, -0.2) is 4.79 Å². The van der Waals surface area contributed by atoms with Crippen LogP contribution in [0.3, 0.4) is 0 Å². The molecular weight excluding hydrogens is 242 g/mol. The Bertz CT molecular complexity index is 379. The predicted molar refractivity (Wildman–Crippen MR) is 76.2 cm³/mol.